The number of rotatable bonds is 2. The summed E-state index contributed by atoms with van der Waals surface area (Å²) in [6.45, 7) is 1.75. The molecule has 1 aromatic carbocycles. The zero-order valence-corrected chi connectivity index (χ0v) is 10.3. The second kappa shape index (κ2) is 4.51. The van der Waals surface area contributed by atoms with Gasteiger partial charge in [0.2, 0.25) is 5.91 Å². The molecule has 104 valence electrons. The van der Waals surface area contributed by atoms with Crippen LogP contribution in [-0.2, 0) is 17.4 Å². The Bertz CT molecular complexity index is 512. The van der Waals surface area contributed by atoms with Crippen LogP contribution in [0.2, 0.25) is 0 Å². The standard InChI is InChI=1S/C13H13F4NO/c1-12(3-2-11(19)18-12)7-8-4-9(13(15,16)17)6-10(14)5-8/h4-6H,2-3,7H2,1H3,(H,18,19). The van der Waals surface area contributed by atoms with Crippen molar-refractivity contribution in [2.24, 2.45) is 0 Å². The molecule has 1 aliphatic rings. The number of nitrogens with one attached hydrogen (secondary N) is 1. The van der Waals surface area contributed by atoms with Gasteiger partial charge >= 0.3 is 6.18 Å². The Morgan fingerprint density at radius 1 is 1.32 bits per heavy atom. The molecule has 6 heteroatoms. The summed E-state index contributed by atoms with van der Waals surface area (Å²) < 4.78 is 51.0. The first-order valence-corrected chi connectivity index (χ1v) is 5.86. The topological polar surface area (TPSA) is 29.1 Å². The number of halogens is 4. The highest BCUT2D eigenvalue weighted by molar-refractivity contribution is 5.79. The largest absolute Gasteiger partial charge is 0.416 e. The molecular weight excluding hydrogens is 262 g/mol. The molecule has 0 aliphatic carbocycles. The van der Waals surface area contributed by atoms with Crippen LogP contribution in [0.15, 0.2) is 18.2 Å². The van der Waals surface area contributed by atoms with Crippen LogP contribution < -0.4 is 5.32 Å². The van der Waals surface area contributed by atoms with Gasteiger partial charge in [-0.2, -0.15) is 13.2 Å². The lowest BCUT2D eigenvalue weighted by atomic mass is 9.90. The van der Waals surface area contributed by atoms with Crippen molar-refractivity contribution in [1.29, 1.82) is 0 Å². The predicted molar refractivity (Wildman–Crippen MR) is 60.9 cm³/mol. The average Bonchev–Trinajstić information content (AvgIpc) is 2.56. The molecule has 0 aromatic heterocycles. The number of carbonyl (C=O) groups is 1. The van der Waals surface area contributed by atoms with E-state index >= 15 is 0 Å². The molecule has 1 N–H and O–H groups in total. The van der Waals surface area contributed by atoms with Gasteiger partial charge in [-0.3, -0.25) is 4.79 Å². The van der Waals surface area contributed by atoms with Gasteiger partial charge in [0.15, 0.2) is 0 Å². The van der Waals surface area contributed by atoms with Crippen LogP contribution in [0.3, 0.4) is 0 Å². The SMILES string of the molecule is CC1(Cc2cc(F)cc(C(F)(F)F)c2)CCC(=O)N1. The highest BCUT2D eigenvalue weighted by Gasteiger charge is 2.35. The summed E-state index contributed by atoms with van der Waals surface area (Å²) in [7, 11) is 0. The fourth-order valence-electron chi connectivity index (χ4n) is 2.35. The van der Waals surface area contributed by atoms with Gasteiger partial charge in [0, 0.05) is 12.0 Å². The highest BCUT2D eigenvalue weighted by Crippen LogP contribution is 2.32. The van der Waals surface area contributed by atoms with Crippen molar-refractivity contribution in [3.63, 3.8) is 0 Å². The van der Waals surface area contributed by atoms with Crippen molar-refractivity contribution in [2.75, 3.05) is 0 Å². The van der Waals surface area contributed by atoms with Gasteiger partial charge in [0.25, 0.3) is 0 Å². The Kier molecular flexibility index (Phi) is 3.28. The van der Waals surface area contributed by atoms with Gasteiger partial charge in [-0.1, -0.05) is 0 Å². The minimum atomic E-state index is -4.57. The number of alkyl halides is 3. The molecule has 1 amide bonds. The maximum atomic E-state index is 13.2. The summed E-state index contributed by atoms with van der Waals surface area (Å²) in [5.74, 6) is -1.05. The van der Waals surface area contributed by atoms with Crippen LogP contribution in [0.25, 0.3) is 0 Å². The zero-order valence-electron chi connectivity index (χ0n) is 10.3. The molecule has 1 unspecified atom stereocenters. The molecule has 1 atom stereocenters. The summed E-state index contributed by atoms with van der Waals surface area (Å²) in [5, 5.41) is 2.71. The van der Waals surface area contributed by atoms with Gasteiger partial charge in [0.1, 0.15) is 5.82 Å². The molecule has 2 nitrogen and oxygen atoms in total. The molecule has 1 fully saturated rings. The normalized spacial score (nSPS) is 23.5. The quantitative estimate of drug-likeness (QED) is 0.826. The lowest BCUT2D eigenvalue weighted by molar-refractivity contribution is -0.137. The Morgan fingerprint density at radius 2 is 2.00 bits per heavy atom. The van der Waals surface area contributed by atoms with Crippen LogP contribution in [0.1, 0.15) is 30.9 Å². The van der Waals surface area contributed by atoms with E-state index in [4.69, 9.17) is 0 Å². The molecule has 1 aromatic rings. The van der Waals surface area contributed by atoms with Crippen molar-refractivity contribution in [1.82, 2.24) is 5.32 Å². The van der Waals surface area contributed by atoms with Gasteiger partial charge in [0.05, 0.1) is 5.56 Å². The summed E-state index contributed by atoms with van der Waals surface area (Å²) in [6, 6.07) is 2.48. The Hall–Kier alpha value is -1.59. The van der Waals surface area contributed by atoms with Gasteiger partial charge in [-0.15, -0.1) is 0 Å². The van der Waals surface area contributed by atoms with E-state index in [1.807, 2.05) is 0 Å². The lowest BCUT2D eigenvalue weighted by Crippen LogP contribution is -2.40. The Balaban J connectivity index is 2.26. The number of hydrogen-bond acceptors (Lipinski definition) is 1. The number of amides is 1. The summed E-state index contributed by atoms with van der Waals surface area (Å²) in [5.41, 5.74) is -1.37. The highest BCUT2D eigenvalue weighted by atomic mass is 19.4. The van der Waals surface area contributed by atoms with E-state index in [0.29, 0.717) is 18.9 Å². The van der Waals surface area contributed by atoms with E-state index in [-0.39, 0.29) is 17.9 Å². The molecule has 1 aliphatic heterocycles. The van der Waals surface area contributed by atoms with Crippen molar-refractivity contribution in [3.8, 4) is 0 Å². The number of carbonyl (C=O) groups excluding carboxylic acids is 1. The second-order valence-electron chi connectivity index (χ2n) is 5.13. The van der Waals surface area contributed by atoms with Crippen molar-refractivity contribution in [2.45, 2.75) is 37.9 Å². The summed E-state index contributed by atoms with van der Waals surface area (Å²) in [6.07, 6.45) is -3.52. The van der Waals surface area contributed by atoms with Gasteiger partial charge in [-0.05, 0) is 43.5 Å². The minimum absolute atomic E-state index is 0.130. The van der Waals surface area contributed by atoms with Crippen LogP contribution >= 0.6 is 0 Å². The average molecular weight is 275 g/mol. The third-order valence-corrected chi connectivity index (χ3v) is 3.22. The fourth-order valence-corrected chi connectivity index (χ4v) is 2.35. The van der Waals surface area contributed by atoms with E-state index < -0.39 is 23.1 Å². The first kappa shape index (κ1) is 13.8. The minimum Gasteiger partial charge on any atom is -0.351 e. The first-order valence-electron chi connectivity index (χ1n) is 5.86. The summed E-state index contributed by atoms with van der Waals surface area (Å²) >= 11 is 0. The van der Waals surface area contributed by atoms with E-state index in [9.17, 15) is 22.4 Å². The molecular formula is C13H13F4NO. The van der Waals surface area contributed by atoms with Crippen molar-refractivity contribution < 1.29 is 22.4 Å². The molecule has 0 saturated carbocycles. The maximum absolute atomic E-state index is 13.2. The Labute approximate surface area is 107 Å². The second-order valence-corrected chi connectivity index (χ2v) is 5.13. The van der Waals surface area contributed by atoms with E-state index in [2.05, 4.69) is 5.32 Å². The van der Waals surface area contributed by atoms with Gasteiger partial charge in [-0.25, -0.2) is 4.39 Å². The van der Waals surface area contributed by atoms with E-state index in [1.165, 1.54) is 0 Å². The number of benzene rings is 1. The summed E-state index contributed by atoms with van der Waals surface area (Å²) in [4.78, 5) is 11.2. The maximum Gasteiger partial charge on any atom is 0.416 e. The predicted octanol–water partition coefficient (Wildman–Crippen LogP) is 3.06. The lowest BCUT2D eigenvalue weighted by Gasteiger charge is -2.24. The van der Waals surface area contributed by atoms with Crippen LogP contribution in [0.4, 0.5) is 17.6 Å². The third-order valence-electron chi connectivity index (χ3n) is 3.22. The molecule has 0 radical (unpaired) electrons. The van der Waals surface area contributed by atoms with E-state index in [1.54, 1.807) is 6.92 Å². The van der Waals surface area contributed by atoms with Crippen molar-refractivity contribution >= 4 is 5.91 Å². The third kappa shape index (κ3) is 3.24. The monoisotopic (exact) mass is 275 g/mol. The number of hydrogen-bond donors (Lipinski definition) is 1. The van der Waals surface area contributed by atoms with Gasteiger partial charge < -0.3 is 5.32 Å². The molecule has 1 heterocycles. The molecule has 1 saturated heterocycles. The fraction of sp³-hybridized carbons (Fsp3) is 0.462. The Morgan fingerprint density at radius 3 is 2.53 bits per heavy atom. The van der Waals surface area contributed by atoms with E-state index in [0.717, 1.165) is 12.1 Å². The van der Waals surface area contributed by atoms with Crippen LogP contribution in [0, 0.1) is 5.82 Å². The zero-order chi connectivity index (χ0) is 14.3. The van der Waals surface area contributed by atoms with Crippen molar-refractivity contribution in [3.05, 3.63) is 35.1 Å². The van der Waals surface area contributed by atoms with Crippen LogP contribution in [-0.4, -0.2) is 11.4 Å². The molecule has 0 bridgehead atoms. The first-order chi connectivity index (χ1) is 8.68. The molecule has 2 rings (SSSR count). The molecule has 19 heavy (non-hydrogen) atoms. The smallest absolute Gasteiger partial charge is 0.351 e. The van der Waals surface area contributed by atoms with Crippen LogP contribution in [0.5, 0.6) is 0 Å². The molecule has 0 spiro atoms.